The van der Waals surface area contributed by atoms with Gasteiger partial charge in [-0.2, -0.15) is 0 Å². The smallest absolute Gasteiger partial charge is 0.137 e. The molecule has 0 aliphatic rings. The van der Waals surface area contributed by atoms with Crippen LogP contribution in [-0.2, 0) is 0 Å². The molecule has 0 aliphatic heterocycles. The molecule has 2 heterocycles. The van der Waals surface area contributed by atoms with E-state index in [9.17, 15) is 0 Å². The lowest BCUT2D eigenvalue weighted by Crippen LogP contribution is -1.93. The summed E-state index contributed by atoms with van der Waals surface area (Å²) in [5.74, 6) is 0.571. The molecule has 0 aromatic carbocycles. The number of aromatic nitrogens is 2. The molecule has 2 heteroatoms. The molecule has 0 radical (unpaired) electrons. The summed E-state index contributed by atoms with van der Waals surface area (Å²) in [6.45, 7) is 8.58. The number of rotatable bonds is 1. The molecule has 0 amide bonds. The molecule has 0 fully saturated rings. The van der Waals surface area contributed by atoms with Gasteiger partial charge in [-0.1, -0.05) is 19.9 Å². The number of imidazole rings is 1. The summed E-state index contributed by atoms with van der Waals surface area (Å²) in [4.78, 5) is 4.48. The highest BCUT2D eigenvalue weighted by atomic mass is 15.0. The van der Waals surface area contributed by atoms with Gasteiger partial charge in [0.05, 0.1) is 5.69 Å². The van der Waals surface area contributed by atoms with Gasteiger partial charge in [0.2, 0.25) is 0 Å². The zero-order valence-electron chi connectivity index (χ0n) is 9.20. The Kier molecular flexibility index (Phi) is 2.06. The van der Waals surface area contributed by atoms with E-state index in [0.717, 1.165) is 11.3 Å². The van der Waals surface area contributed by atoms with E-state index in [-0.39, 0.29) is 0 Å². The molecule has 0 saturated carbocycles. The minimum atomic E-state index is 0.571. The average Bonchev–Trinajstić information content (AvgIpc) is 2.43. The minimum Gasteiger partial charge on any atom is -0.304 e. The van der Waals surface area contributed by atoms with E-state index in [2.05, 4.69) is 55.4 Å². The number of fused-ring (bicyclic) bond motifs is 1. The van der Waals surface area contributed by atoms with Crippen LogP contribution in [0.25, 0.3) is 5.65 Å². The van der Waals surface area contributed by atoms with Crippen molar-refractivity contribution in [2.24, 2.45) is 0 Å². The summed E-state index contributed by atoms with van der Waals surface area (Å²) in [5.41, 5.74) is 4.76. The van der Waals surface area contributed by atoms with Crippen LogP contribution in [0.5, 0.6) is 0 Å². The highest BCUT2D eigenvalue weighted by Gasteiger charge is 2.05. The number of hydrogen-bond acceptors (Lipinski definition) is 1. The fourth-order valence-electron chi connectivity index (χ4n) is 1.64. The van der Waals surface area contributed by atoms with Crippen LogP contribution < -0.4 is 0 Å². The van der Waals surface area contributed by atoms with E-state index in [0.29, 0.717) is 5.92 Å². The molecule has 74 valence electrons. The van der Waals surface area contributed by atoms with E-state index >= 15 is 0 Å². The maximum Gasteiger partial charge on any atom is 0.137 e. The fourth-order valence-corrected chi connectivity index (χ4v) is 1.64. The molecule has 0 bridgehead atoms. The summed E-state index contributed by atoms with van der Waals surface area (Å²) in [6.07, 6.45) is 2.19. The van der Waals surface area contributed by atoms with Gasteiger partial charge in [-0.15, -0.1) is 0 Å². The normalized spacial score (nSPS) is 11.5. The van der Waals surface area contributed by atoms with E-state index in [4.69, 9.17) is 0 Å². The predicted octanol–water partition coefficient (Wildman–Crippen LogP) is 3.07. The van der Waals surface area contributed by atoms with Crippen molar-refractivity contribution >= 4 is 5.65 Å². The molecular weight excluding hydrogens is 172 g/mol. The molecule has 2 aromatic heterocycles. The molecule has 14 heavy (non-hydrogen) atoms. The van der Waals surface area contributed by atoms with Crippen molar-refractivity contribution < 1.29 is 0 Å². The lowest BCUT2D eigenvalue weighted by molar-refractivity contribution is 0.851. The van der Waals surface area contributed by atoms with Gasteiger partial charge in [0.1, 0.15) is 5.65 Å². The molecule has 0 unspecified atom stereocenters. The second-order valence-corrected chi connectivity index (χ2v) is 4.13. The number of aryl methyl sites for hydroxylation is 2. The molecule has 0 spiro atoms. The minimum absolute atomic E-state index is 0.571. The summed E-state index contributed by atoms with van der Waals surface area (Å²) in [6, 6.07) is 4.25. The van der Waals surface area contributed by atoms with E-state index < -0.39 is 0 Å². The third kappa shape index (κ3) is 1.31. The Morgan fingerprint density at radius 3 is 2.57 bits per heavy atom. The Hall–Kier alpha value is -1.31. The van der Waals surface area contributed by atoms with Crippen LogP contribution in [0.1, 0.15) is 36.7 Å². The summed E-state index contributed by atoms with van der Waals surface area (Å²) >= 11 is 0. The Balaban J connectivity index is 2.69. The molecule has 0 N–H and O–H groups in total. The lowest BCUT2D eigenvalue weighted by atomic mass is 10.1. The zero-order chi connectivity index (χ0) is 10.3. The van der Waals surface area contributed by atoms with Crippen LogP contribution in [0.4, 0.5) is 0 Å². The first-order valence-corrected chi connectivity index (χ1v) is 5.05. The van der Waals surface area contributed by atoms with Crippen molar-refractivity contribution in [2.75, 3.05) is 0 Å². The van der Waals surface area contributed by atoms with Gasteiger partial charge in [-0.25, -0.2) is 4.98 Å². The van der Waals surface area contributed by atoms with Gasteiger partial charge < -0.3 is 4.40 Å². The van der Waals surface area contributed by atoms with Crippen molar-refractivity contribution in [3.8, 4) is 0 Å². The van der Waals surface area contributed by atoms with Gasteiger partial charge in [-0.05, 0) is 31.4 Å². The van der Waals surface area contributed by atoms with Crippen molar-refractivity contribution in [1.82, 2.24) is 9.38 Å². The van der Waals surface area contributed by atoms with E-state index in [1.54, 1.807) is 0 Å². The maximum atomic E-state index is 4.48. The van der Waals surface area contributed by atoms with Crippen molar-refractivity contribution in [3.63, 3.8) is 0 Å². The number of pyridine rings is 1. The van der Waals surface area contributed by atoms with Gasteiger partial charge in [0.15, 0.2) is 0 Å². The van der Waals surface area contributed by atoms with Crippen LogP contribution >= 0.6 is 0 Å². The van der Waals surface area contributed by atoms with Crippen LogP contribution in [0.15, 0.2) is 18.3 Å². The van der Waals surface area contributed by atoms with Gasteiger partial charge in [-0.3, -0.25) is 0 Å². The van der Waals surface area contributed by atoms with E-state index in [1.165, 1.54) is 11.3 Å². The standard InChI is InChI=1S/C12H16N2/c1-8(2)11-5-6-12-13-9(3)10(4)14(12)7-11/h5-8H,1-4H3. The highest BCUT2D eigenvalue weighted by Crippen LogP contribution is 2.17. The highest BCUT2D eigenvalue weighted by molar-refractivity contribution is 5.44. The first-order chi connectivity index (χ1) is 6.59. The fraction of sp³-hybridized carbons (Fsp3) is 0.417. The summed E-state index contributed by atoms with van der Waals surface area (Å²) in [5, 5.41) is 0. The van der Waals surface area contributed by atoms with Gasteiger partial charge >= 0.3 is 0 Å². The molecule has 2 rings (SSSR count). The van der Waals surface area contributed by atoms with Gasteiger partial charge in [0, 0.05) is 11.9 Å². The second kappa shape index (κ2) is 3.12. The summed E-state index contributed by atoms with van der Waals surface area (Å²) < 4.78 is 2.17. The lowest BCUT2D eigenvalue weighted by Gasteiger charge is -2.06. The Morgan fingerprint density at radius 2 is 1.93 bits per heavy atom. The monoisotopic (exact) mass is 188 g/mol. The number of nitrogens with zero attached hydrogens (tertiary/aromatic N) is 2. The molecule has 0 saturated heterocycles. The molecule has 0 atom stereocenters. The first kappa shape index (κ1) is 9.25. The quantitative estimate of drug-likeness (QED) is 0.672. The van der Waals surface area contributed by atoms with Crippen LogP contribution in [-0.4, -0.2) is 9.38 Å². The topological polar surface area (TPSA) is 17.3 Å². The van der Waals surface area contributed by atoms with E-state index in [1.807, 2.05) is 0 Å². The van der Waals surface area contributed by atoms with Gasteiger partial charge in [0.25, 0.3) is 0 Å². The Labute approximate surface area is 84.6 Å². The Morgan fingerprint density at radius 1 is 1.21 bits per heavy atom. The average molecular weight is 188 g/mol. The molecule has 2 aromatic rings. The maximum absolute atomic E-state index is 4.48. The van der Waals surface area contributed by atoms with Crippen molar-refractivity contribution in [2.45, 2.75) is 33.6 Å². The zero-order valence-corrected chi connectivity index (χ0v) is 9.20. The predicted molar refractivity (Wildman–Crippen MR) is 58.8 cm³/mol. The largest absolute Gasteiger partial charge is 0.304 e. The van der Waals surface area contributed by atoms with Crippen molar-refractivity contribution in [3.05, 3.63) is 35.3 Å². The van der Waals surface area contributed by atoms with Crippen LogP contribution in [0.3, 0.4) is 0 Å². The van der Waals surface area contributed by atoms with Crippen LogP contribution in [0, 0.1) is 13.8 Å². The molecule has 0 aliphatic carbocycles. The SMILES string of the molecule is Cc1nc2ccc(C(C)C)cn2c1C. The second-order valence-electron chi connectivity index (χ2n) is 4.13. The number of hydrogen-bond donors (Lipinski definition) is 0. The van der Waals surface area contributed by atoms with Crippen molar-refractivity contribution in [1.29, 1.82) is 0 Å². The third-order valence-electron chi connectivity index (χ3n) is 2.78. The summed E-state index contributed by atoms with van der Waals surface area (Å²) in [7, 11) is 0. The van der Waals surface area contributed by atoms with Crippen LogP contribution in [0.2, 0.25) is 0 Å². The first-order valence-electron chi connectivity index (χ1n) is 5.05. The molecule has 2 nitrogen and oxygen atoms in total. The Bertz CT molecular complexity index is 466. The third-order valence-corrected chi connectivity index (χ3v) is 2.78. The molecular formula is C12H16N2.